The number of pyridine rings is 2. The van der Waals surface area contributed by atoms with Crippen LogP contribution >= 0.6 is 0 Å². The SMILES string of the molecule is Cc1cc2c(c(CN(Cc3ccccn3)Cc3ccccn3)c1)OC(c1ccccc1)OC2. The molecule has 1 aliphatic rings. The van der Waals surface area contributed by atoms with Gasteiger partial charge in [-0.1, -0.05) is 60.2 Å². The topological polar surface area (TPSA) is 47.5 Å². The molecule has 5 nitrogen and oxygen atoms in total. The number of rotatable bonds is 7. The van der Waals surface area contributed by atoms with Crippen molar-refractivity contribution in [2.75, 3.05) is 0 Å². The lowest BCUT2D eigenvalue weighted by Gasteiger charge is -2.30. The molecule has 0 spiro atoms. The maximum Gasteiger partial charge on any atom is 0.227 e. The molecule has 2 aromatic carbocycles. The van der Waals surface area contributed by atoms with Gasteiger partial charge in [-0.15, -0.1) is 0 Å². The lowest BCUT2D eigenvalue weighted by Crippen LogP contribution is -2.25. The second-order valence-electron chi connectivity index (χ2n) is 8.37. The first-order chi connectivity index (χ1) is 16.2. The number of benzene rings is 2. The molecule has 0 fully saturated rings. The van der Waals surface area contributed by atoms with E-state index >= 15 is 0 Å². The summed E-state index contributed by atoms with van der Waals surface area (Å²) in [5.41, 5.74) is 6.52. The lowest BCUT2D eigenvalue weighted by molar-refractivity contribution is -0.112. The molecule has 5 rings (SSSR count). The van der Waals surface area contributed by atoms with Crippen molar-refractivity contribution in [3.05, 3.63) is 125 Å². The van der Waals surface area contributed by atoms with E-state index in [1.807, 2.05) is 67.0 Å². The van der Waals surface area contributed by atoms with Crippen molar-refractivity contribution in [1.82, 2.24) is 14.9 Å². The van der Waals surface area contributed by atoms with Crippen molar-refractivity contribution in [3.63, 3.8) is 0 Å². The molecule has 0 N–H and O–H groups in total. The second-order valence-corrected chi connectivity index (χ2v) is 8.37. The predicted octanol–water partition coefficient (Wildman–Crippen LogP) is 5.60. The Morgan fingerprint density at radius 3 is 2.12 bits per heavy atom. The predicted molar refractivity (Wildman–Crippen MR) is 127 cm³/mol. The molecule has 1 unspecified atom stereocenters. The standard InChI is InChI=1S/C28H27N3O2/c1-21-15-23(27-24(16-21)20-32-28(33-27)22-9-3-2-4-10-22)17-31(18-25-11-5-7-13-29-25)19-26-12-6-8-14-30-26/h2-16,28H,17-20H2,1H3. The molecule has 0 radical (unpaired) electrons. The average Bonchev–Trinajstić information content (AvgIpc) is 2.85. The number of aryl methyl sites for hydroxylation is 1. The molecule has 0 amide bonds. The minimum Gasteiger partial charge on any atom is -0.460 e. The summed E-state index contributed by atoms with van der Waals surface area (Å²) in [6.07, 6.45) is 3.28. The monoisotopic (exact) mass is 437 g/mol. The van der Waals surface area contributed by atoms with Crippen LogP contribution in [0.2, 0.25) is 0 Å². The van der Waals surface area contributed by atoms with Crippen LogP contribution in [0, 0.1) is 6.92 Å². The Kier molecular flexibility index (Phi) is 6.42. The van der Waals surface area contributed by atoms with Gasteiger partial charge in [0, 0.05) is 48.7 Å². The van der Waals surface area contributed by atoms with E-state index in [0.717, 1.165) is 53.5 Å². The highest BCUT2D eigenvalue weighted by Crippen LogP contribution is 2.37. The van der Waals surface area contributed by atoms with E-state index in [9.17, 15) is 0 Å². The maximum absolute atomic E-state index is 6.43. The van der Waals surface area contributed by atoms with E-state index < -0.39 is 6.29 Å². The second kappa shape index (κ2) is 9.94. The van der Waals surface area contributed by atoms with Gasteiger partial charge in [0.1, 0.15) is 5.75 Å². The number of hydrogen-bond donors (Lipinski definition) is 0. The van der Waals surface area contributed by atoms with Gasteiger partial charge in [0.15, 0.2) is 0 Å². The van der Waals surface area contributed by atoms with Crippen molar-refractivity contribution >= 4 is 0 Å². The quantitative estimate of drug-likeness (QED) is 0.377. The Hall–Kier alpha value is -3.54. The van der Waals surface area contributed by atoms with Gasteiger partial charge in [-0.05, 0) is 31.2 Å². The molecule has 33 heavy (non-hydrogen) atoms. The minimum atomic E-state index is -0.403. The van der Waals surface area contributed by atoms with Gasteiger partial charge >= 0.3 is 0 Å². The average molecular weight is 438 g/mol. The molecule has 0 saturated carbocycles. The highest BCUT2D eigenvalue weighted by molar-refractivity contribution is 5.45. The van der Waals surface area contributed by atoms with Gasteiger partial charge < -0.3 is 9.47 Å². The van der Waals surface area contributed by atoms with Crippen molar-refractivity contribution in [2.45, 2.75) is 39.5 Å². The third kappa shape index (κ3) is 5.28. The van der Waals surface area contributed by atoms with Crippen LogP contribution in [0.4, 0.5) is 0 Å². The molecule has 2 aromatic heterocycles. The molecule has 1 aliphatic heterocycles. The number of fused-ring (bicyclic) bond motifs is 1. The highest BCUT2D eigenvalue weighted by atomic mass is 16.7. The molecule has 0 bridgehead atoms. The van der Waals surface area contributed by atoms with E-state index in [1.165, 1.54) is 5.56 Å². The molecule has 5 heteroatoms. The number of nitrogens with zero attached hydrogens (tertiary/aromatic N) is 3. The lowest BCUT2D eigenvalue weighted by atomic mass is 10.0. The smallest absolute Gasteiger partial charge is 0.227 e. The van der Waals surface area contributed by atoms with E-state index in [4.69, 9.17) is 9.47 Å². The van der Waals surface area contributed by atoms with Gasteiger partial charge in [0.25, 0.3) is 0 Å². The van der Waals surface area contributed by atoms with E-state index in [2.05, 4.69) is 46.1 Å². The molecule has 3 heterocycles. The van der Waals surface area contributed by atoms with Crippen LogP contribution in [0.25, 0.3) is 0 Å². The molecule has 4 aromatic rings. The summed E-state index contributed by atoms with van der Waals surface area (Å²) < 4.78 is 12.5. The first kappa shape index (κ1) is 21.3. The molecule has 1 atom stereocenters. The minimum absolute atomic E-state index is 0.403. The number of ether oxygens (including phenoxy) is 2. The van der Waals surface area contributed by atoms with Crippen LogP contribution in [0.3, 0.4) is 0 Å². The van der Waals surface area contributed by atoms with Crippen molar-refractivity contribution < 1.29 is 9.47 Å². The van der Waals surface area contributed by atoms with Crippen molar-refractivity contribution in [1.29, 1.82) is 0 Å². The summed E-state index contributed by atoms with van der Waals surface area (Å²) >= 11 is 0. The summed E-state index contributed by atoms with van der Waals surface area (Å²) in [6, 6.07) is 26.5. The summed E-state index contributed by atoms with van der Waals surface area (Å²) in [5.74, 6) is 0.924. The van der Waals surface area contributed by atoms with Gasteiger partial charge in [-0.3, -0.25) is 14.9 Å². The Bertz CT molecular complexity index is 1140. The van der Waals surface area contributed by atoms with Crippen LogP contribution in [0.5, 0.6) is 5.75 Å². The number of aromatic nitrogens is 2. The largest absolute Gasteiger partial charge is 0.460 e. The third-order valence-corrected chi connectivity index (χ3v) is 5.69. The third-order valence-electron chi connectivity index (χ3n) is 5.69. The summed E-state index contributed by atoms with van der Waals surface area (Å²) in [7, 11) is 0. The van der Waals surface area contributed by atoms with Gasteiger partial charge in [-0.25, -0.2) is 0 Å². The fourth-order valence-electron chi connectivity index (χ4n) is 4.24. The number of hydrogen-bond acceptors (Lipinski definition) is 5. The maximum atomic E-state index is 6.43. The molecule has 0 aliphatic carbocycles. The fourth-order valence-corrected chi connectivity index (χ4v) is 4.24. The molecule has 166 valence electrons. The first-order valence-electron chi connectivity index (χ1n) is 11.2. The Morgan fingerprint density at radius 2 is 1.48 bits per heavy atom. The summed E-state index contributed by atoms with van der Waals surface area (Å²) in [4.78, 5) is 11.4. The first-order valence-corrected chi connectivity index (χ1v) is 11.2. The fraction of sp³-hybridized carbons (Fsp3) is 0.214. The van der Waals surface area contributed by atoms with Crippen LogP contribution in [0.1, 0.15) is 39.9 Å². The van der Waals surface area contributed by atoms with Crippen LogP contribution in [-0.4, -0.2) is 14.9 Å². The zero-order valence-electron chi connectivity index (χ0n) is 18.7. The van der Waals surface area contributed by atoms with Gasteiger partial charge in [-0.2, -0.15) is 0 Å². The van der Waals surface area contributed by atoms with Gasteiger partial charge in [0.05, 0.1) is 18.0 Å². The molecule has 0 saturated heterocycles. The Labute approximate surface area is 194 Å². The van der Waals surface area contributed by atoms with E-state index in [0.29, 0.717) is 6.61 Å². The molecular weight excluding hydrogens is 410 g/mol. The van der Waals surface area contributed by atoms with E-state index in [-0.39, 0.29) is 0 Å². The molecular formula is C28H27N3O2. The van der Waals surface area contributed by atoms with Crippen molar-refractivity contribution in [2.24, 2.45) is 0 Å². The van der Waals surface area contributed by atoms with Crippen LogP contribution < -0.4 is 4.74 Å². The zero-order valence-corrected chi connectivity index (χ0v) is 18.7. The summed E-state index contributed by atoms with van der Waals surface area (Å²) in [6.45, 7) is 4.81. The van der Waals surface area contributed by atoms with Crippen molar-refractivity contribution in [3.8, 4) is 5.75 Å². The van der Waals surface area contributed by atoms with Crippen LogP contribution in [-0.2, 0) is 31.0 Å². The highest BCUT2D eigenvalue weighted by Gasteiger charge is 2.25. The normalized spacial score (nSPS) is 15.2. The summed E-state index contributed by atoms with van der Waals surface area (Å²) in [5, 5.41) is 0. The zero-order chi connectivity index (χ0) is 22.5. The van der Waals surface area contributed by atoms with Gasteiger partial charge in [0.2, 0.25) is 6.29 Å². The Balaban J connectivity index is 1.44. The van der Waals surface area contributed by atoms with Crippen LogP contribution in [0.15, 0.2) is 91.3 Å². The Morgan fingerprint density at radius 1 is 0.818 bits per heavy atom. The van der Waals surface area contributed by atoms with E-state index in [1.54, 1.807) is 0 Å².